The predicted octanol–water partition coefficient (Wildman–Crippen LogP) is 5.20. The summed E-state index contributed by atoms with van der Waals surface area (Å²) in [6, 6.07) is 18.6. The van der Waals surface area contributed by atoms with Crippen LogP contribution in [0.4, 0.5) is 5.13 Å². The van der Waals surface area contributed by atoms with Crippen LogP contribution in [0.5, 0.6) is 0 Å². The zero-order valence-electron chi connectivity index (χ0n) is 21.0. The molecular weight excluding hydrogens is 504 g/mol. The van der Waals surface area contributed by atoms with Crippen LogP contribution in [0.15, 0.2) is 71.8 Å². The van der Waals surface area contributed by atoms with Gasteiger partial charge in [0.1, 0.15) is 0 Å². The first kappa shape index (κ1) is 25.5. The fraction of sp³-hybridized carbons (Fsp3) is 0.321. The molecule has 1 atom stereocenters. The number of para-hydroxylation sites is 1. The van der Waals surface area contributed by atoms with Crippen LogP contribution < -0.4 is 4.90 Å². The number of hydrogen-bond acceptors (Lipinski definition) is 6. The maximum atomic E-state index is 14.0. The quantitative estimate of drug-likeness (QED) is 0.326. The molecule has 9 heteroatoms. The van der Waals surface area contributed by atoms with E-state index >= 15 is 0 Å². The van der Waals surface area contributed by atoms with Gasteiger partial charge in [-0.05, 0) is 62.1 Å². The van der Waals surface area contributed by atoms with E-state index in [-0.39, 0.29) is 23.9 Å². The second kappa shape index (κ2) is 10.7. The lowest BCUT2D eigenvalue weighted by Crippen LogP contribution is -2.46. The highest BCUT2D eigenvalue weighted by Gasteiger charge is 2.36. The standard InChI is InChI=1S/C28H30N4O3S2/c1-3-21-8-6-11-25-26(21)30-28(36-25)32(19-23-10-4-5-16-29-23)27(33)22-9-7-17-31(18-22)37(34,35)24-14-12-20(2)13-15-24/h4-6,8,10-16,22H,3,7,9,17-19H2,1-2H3. The summed E-state index contributed by atoms with van der Waals surface area (Å²) in [5.41, 5.74) is 3.80. The lowest BCUT2D eigenvalue weighted by atomic mass is 9.98. The second-order valence-corrected chi connectivity index (χ2v) is 12.3. The second-order valence-electron chi connectivity index (χ2n) is 9.37. The largest absolute Gasteiger partial charge is 0.282 e. The number of anilines is 1. The number of nitrogens with zero attached hydrogens (tertiary/aromatic N) is 4. The molecule has 0 aliphatic carbocycles. The van der Waals surface area contributed by atoms with Crippen molar-refractivity contribution in [3.05, 3.63) is 83.7 Å². The van der Waals surface area contributed by atoms with Gasteiger partial charge in [0.2, 0.25) is 15.9 Å². The number of fused-ring (bicyclic) bond motifs is 1. The molecule has 4 aromatic rings. The van der Waals surface area contributed by atoms with Crippen molar-refractivity contribution in [3.8, 4) is 0 Å². The molecule has 1 fully saturated rings. The number of carbonyl (C=O) groups excluding carboxylic acids is 1. The minimum absolute atomic E-state index is 0.119. The van der Waals surface area contributed by atoms with Crippen LogP contribution >= 0.6 is 11.3 Å². The summed E-state index contributed by atoms with van der Waals surface area (Å²) in [4.78, 5) is 25.3. The van der Waals surface area contributed by atoms with Gasteiger partial charge >= 0.3 is 0 Å². The maximum Gasteiger partial charge on any atom is 0.243 e. The SMILES string of the molecule is CCc1cccc2sc(N(Cc3ccccn3)C(=O)C3CCCN(S(=O)(=O)c4ccc(C)cc4)C3)nc12. The van der Waals surface area contributed by atoms with Gasteiger partial charge in [-0.1, -0.05) is 54.2 Å². The number of aromatic nitrogens is 2. The highest BCUT2D eigenvalue weighted by Crippen LogP contribution is 2.34. The van der Waals surface area contributed by atoms with Crippen molar-refractivity contribution in [2.24, 2.45) is 5.92 Å². The smallest absolute Gasteiger partial charge is 0.243 e. The molecule has 1 aliphatic heterocycles. The number of benzene rings is 2. The predicted molar refractivity (Wildman–Crippen MR) is 147 cm³/mol. The van der Waals surface area contributed by atoms with Crippen molar-refractivity contribution in [2.75, 3.05) is 18.0 Å². The van der Waals surface area contributed by atoms with Crippen molar-refractivity contribution < 1.29 is 13.2 Å². The lowest BCUT2D eigenvalue weighted by Gasteiger charge is -2.33. The van der Waals surface area contributed by atoms with Gasteiger partial charge in [0, 0.05) is 19.3 Å². The lowest BCUT2D eigenvalue weighted by molar-refractivity contribution is -0.123. The molecule has 1 amide bonds. The number of thiazole rings is 1. The van der Waals surface area contributed by atoms with Crippen LogP contribution in [0.2, 0.25) is 0 Å². The van der Waals surface area contributed by atoms with Gasteiger partial charge in [0.25, 0.3) is 0 Å². The first-order valence-corrected chi connectivity index (χ1v) is 14.8. The molecule has 7 nitrogen and oxygen atoms in total. The topological polar surface area (TPSA) is 83.5 Å². The van der Waals surface area contributed by atoms with Gasteiger partial charge in [0.05, 0.1) is 33.3 Å². The Hall–Kier alpha value is -3.14. The average molecular weight is 535 g/mol. The molecule has 37 heavy (non-hydrogen) atoms. The van der Waals surface area contributed by atoms with E-state index < -0.39 is 15.9 Å². The van der Waals surface area contributed by atoms with Gasteiger partial charge in [-0.25, -0.2) is 13.4 Å². The summed E-state index contributed by atoms with van der Waals surface area (Å²) in [5, 5.41) is 0.616. The van der Waals surface area contributed by atoms with E-state index in [1.165, 1.54) is 15.6 Å². The number of sulfonamides is 1. The van der Waals surface area contributed by atoms with Crippen molar-refractivity contribution in [2.45, 2.75) is 44.6 Å². The van der Waals surface area contributed by atoms with Crippen molar-refractivity contribution in [1.29, 1.82) is 0 Å². The maximum absolute atomic E-state index is 14.0. The van der Waals surface area contributed by atoms with E-state index in [1.807, 2.05) is 37.3 Å². The Morgan fingerprint density at radius 2 is 1.92 bits per heavy atom. The summed E-state index contributed by atoms with van der Waals surface area (Å²) in [5.74, 6) is -0.582. The molecular formula is C28H30N4O3S2. The molecule has 2 aromatic carbocycles. The first-order valence-electron chi connectivity index (χ1n) is 12.5. The molecule has 1 unspecified atom stereocenters. The first-order chi connectivity index (χ1) is 17.9. The van der Waals surface area contributed by atoms with E-state index in [4.69, 9.17) is 4.98 Å². The minimum Gasteiger partial charge on any atom is -0.282 e. The fourth-order valence-corrected chi connectivity index (χ4v) is 7.27. The molecule has 2 aromatic heterocycles. The molecule has 192 valence electrons. The van der Waals surface area contributed by atoms with Crippen molar-refractivity contribution >= 4 is 42.6 Å². The Bertz CT molecular complexity index is 1500. The number of rotatable bonds is 7. The van der Waals surface area contributed by atoms with Crippen LogP contribution in [-0.2, 0) is 27.8 Å². The highest BCUT2D eigenvalue weighted by atomic mass is 32.2. The zero-order chi connectivity index (χ0) is 26.0. The molecule has 1 saturated heterocycles. The van der Waals surface area contributed by atoms with E-state index in [9.17, 15) is 13.2 Å². The molecule has 3 heterocycles. The fourth-order valence-electron chi connectivity index (χ4n) is 4.73. The van der Waals surface area contributed by atoms with Gasteiger partial charge in [-0.2, -0.15) is 4.31 Å². The van der Waals surface area contributed by atoms with E-state index in [1.54, 1.807) is 35.4 Å². The number of hydrogen-bond donors (Lipinski definition) is 0. The van der Waals surface area contributed by atoms with Crippen LogP contribution in [0.25, 0.3) is 10.2 Å². The highest BCUT2D eigenvalue weighted by molar-refractivity contribution is 7.89. The van der Waals surface area contributed by atoms with E-state index in [2.05, 4.69) is 18.0 Å². The summed E-state index contributed by atoms with van der Waals surface area (Å²) in [6.45, 7) is 4.85. The van der Waals surface area contributed by atoms with Crippen LogP contribution in [-0.4, -0.2) is 41.7 Å². The van der Waals surface area contributed by atoms with Gasteiger partial charge < -0.3 is 0 Å². The summed E-state index contributed by atoms with van der Waals surface area (Å²) in [7, 11) is -3.69. The molecule has 0 saturated carbocycles. The van der Waals surface area contributed by atoms with Gasteiger partial charge in [-0.3, -0.25) is 14.7 Å². The van der Waals surface area contributed by atoms with Crippen LogP contribution in [0, 0.1) is 12.8 Å². The van der Waals surface area contributed by atoms with Gasteiger partial charge in [0.15, 0.2) is 5.13 Å². The molecule has 0 radical (unpaired) electrons. The van der Waals surface area contributed by atoms with Crippen molar-refractivity contribution in [1.82, 2.24) is 14.3 Å². The van der Waals surface area contributed by atoms with E-state index in [0.717, 1.165) is 33.5 Å². The Balaban J connectivity index is 1.46. The average Bonchev–Trinajstić information content (AvgIpc) is 3.36. The molecule has 0 spiro atoms. The van der Waals surface area contributed by atoms with Crippen molar-refractivity contribution in [3.63, 3.8) is 0 Å². The summed E-state index contributed by atoms with van der Waals surface area (Å²) >= 11 is 1.49. The number of carbonyl (C=O) groups is 1. The number of amides is 1. The Morgan fingerprint density at radius 1 is 1.11 bits per heavy atom. The van der Waals surface area contributed by atoms with Crippen LogP contribution in [0.1, 0.15) is 36.6 Å². The third kappa shape index (κ3) is 5.30. The van der Waals surface area contributed by atoms with E-state index in [0.29, 0.717) is 24.5 Å². The molecule has 1 aliphatic rings. The van der Waals surface area contributed by atoms with Gasteiger partial charge in [-0.15, -0.1) is 0 Å². The zero-order valence-corrected chi connectivity index (χ0v) is 22.6. The number of aryl methyl sites for hydroxylation is 2. The minimum atomic E-state index is -3.69. The number of piperidine rings is 1. The Morgan fingerprint density at radius 3 is 2.65 bits per heavy atom. The monoisotopic (exact) mass is 534 g/mol. The Labute approximate surface area is 221 Å². The Kier molecular flexibility index (Phi) is 7.37. The molecule has 0 bridgehead atoms. The normalized spacial score (nSPS) is 16.6. The van der Waals surface area contributed by atoms with Crippen LogP contribution in [0.3, 0.4) is 0 Å². The number of pyridine rings is 1. The molecule has 5 rings (SSSR count). The summed E-state index contributed by atoms with van der Waals surface area (Å²) in [6.07, 6.45) is 3.81. The third-order valence-electron chi connectivity index (χ3n) is 6.81. The third-order valence-corrected chi connectivity index (χ3v) is 9.73. The molecule has 0 N–H and O–H groups in total. The summed E-state index contributed by atoms with van der Waals surface area (Å²) < 4.78 is 29.2.